The third-order valence-corrected chi connectivity index (χ3v) is 9.77. The number of aromatic nitrogens is 1. The summed E-state index contributed by atoms with van der Waals surface area (Å²) in [5.41, 5.74) is -2.34. The molecule has 3 fully saturated rings. The Morgan fingerprint density at radius 1 is 1.21 bits per heavy atom. The van der Waals surface area contributed by atoms with E-state index in [4.69, 9.17) is 25.8 Å². The molecule has 0 spiro atoms. The van der Waals surface area contributed by atoms with Crippen LogP contribution < -0.4 is 19.5 Å². The highest BCUT2D eigenvalue weighted by molar-refractivity contribution is 7.91. The van der Waals surface area contributed by atoms with E-state index >= 15 is 0 Å². The Labute approximate surface area is 255 Å². The molecule has 2 aliphatic carbocycles. The van der Waals surface area contributed by atoms with Gasteiger partial charge < -0.3 is 19.5 Å². The van der Waals surface area contributed by atoms with Gasteiger partial charge >= 0.3 is 6.09 Å². The first kappa shape index (κ1) is 30.9. The summed E-state index contributed by atoms with van der Waals surface area (Å²) in [5, 5.41) is 3.88. The molecule has 1 aliphatic heterocycles. The summed E-state index contributed by atoms with van der Waals surface area (Å²) in [4.78, 5) is 45.9. The number of ether oxygens (including phenoxy) is 3. The van der Waals surface area contributed by atoms with Gasteiger partial charge in [-0.15, -0.1) is 6.58 Å². The summed E-state index contributed by atoms with van der Waals surface area (Å²) in [6.07, 6.45) is 2.78. The van der Waals surface area contributed by atoms with Gasteiger partial charge in [0.15, 0.2) is 0 Å². The molecule has 2 heterocycles. The highest BCUT2D eigenvalue weighted by Crippen LogP contribution is 2.45. The molecule has 3 amide bonds. The smallest absolute Gasteiger partial charge is 0.411 e. The highest BCUT2D eigenvalue weighted by Gasteiger charge is 2.62. The van der Waals surface area contributed by atoms with Crippen LogP contribution in [0.4, 0.5) is 4.79 Å². The summed E-state index contributed by atoms with van der Waals surface area (Å²) in [6, 6.07) is 4.10. The van der Waals surface area contributed by atoms with Crippen LogP contribution in [-0.2, 0) is 24.3 Å². The quantitative estimate of drug-likeness (QED) is 0.396. The van der Waals surface area contributed by atoms with Crippen LogP contribution in [0.2, 0.25) is 5.02 Å². The molecule has 1 aromatic heterocycles. The molecule has 2 saturated carbocycles. The Balaban J connectivity index is 1.39. The maximum atomic E-state index is 13.8. The first-order valence-electron chi connectivity index (χ1n) is 14.0. The minimum Gasteiger partial charge on any atom is -0.494 e. The van der Waals surface area contributed by atoms with Crippen molar-refractivity contribution in [3.05, 3.63) is 42.1 Å². The number of nitrogens with one attached hydrogen (secondary N) is 2. The van der Waals surface area contributed by atoms with Crippen molar-refractivity contribution in [1.82, 2.24) is 19.9 Å². The number of fused-ring (bicyclic) bond motifs is 1. The van der Waals surface area contributed by atoms with E-state index in [1.165, 1.54) is 24.3 Å². The number of benzene rings is 1. The Kier molecular flexibility index (Phi) is 8.01. The molecule has 232 valence electrons. The molecule has 43 heavy (non-hydrogen) atoms. The normalized spacial score (nSPS) is 25.1. The highest BCUT2D eigenvalue weighted by atomic mass is 35.5. The number of hydrogen-bond acceptors (Lipinski definition) is 9. The second kappa shape index (κ2) is 11.2. The number of likely N-dealkylation sites (tertiary alicyclic amines) is 1. The minimum absolute atomic E-state index is 0.0110. The van der Waals surface area contributed by atoms with Gasteiger partial charge in [0.05, 0.1) is 25.1 Å². The van der Waals surface area contributed by atoms with Crippen LogP contribution in [0.5, 0.6) is 11.6 Å². The number of methoxy groups -OCH3 is 1. The number of pyridine rings is 1. The summed E-state index contributed by atoms with van der Waals surface area (Å²) in [5.74, 6) is -1.18. The fourth-order valence-corrected chi connectivity index (χ4v) is 6.79. The molecule has 2 N–H and O–H groups in total. The summed E-state index contributed by atoms with van der Waals surface area (Å²) in [7, 11) is -2.32. The van der Waals surface area contributed by atoms with Crippen LogP contribution in [0.15, 0.2) is 37.1 Å². The predicted molar refractivity (Wildman–Crippen MR) is 158 cm³/mol. The van der Waals surface area contributed by atoms with Crippen molar-refractivity contribution in [3.63, 3.8) is 0 Å². The van der Waals surface area contributed by atoms with Crippen LogP contribution in [0.3, 0.4) is 0 Å². The maximum absolute atomic E-state index is 13.8. The molecule has 14 heteroatoms. The molecule has 2 aromatic rings. The molecule has 0 radical (unpaired) electrons. The lowest BCUT2D eigenvalue weighted by atomic mass is 10.1. The fourth-order valence-electron chi connectivity index (χ4n) is 5.25. The number of sulfonamides is 1. The van der Waals surface area contributed by atoms with E-state index in [2.05, 4.69) is 21.6 Å². The van der Waals surface area contributed by atoms with Gasteiger partial charge in [0.2, 0.25) is 21.8 Å². The molecular weight excluding hydrogens is 600 g/mol. The van der Waals surface area contributed by atoms with E-state index in [0.29, 0.717) is 34.4 Å². The Hall–Kier alpha value is -3.58. The minimum atomic E-state index is -3.84. The van der Waals surface area contributed by atoms with Crippen LogP contribution >= 0.6 is 11.6 Å². The number of hydrogen-bond donors (Lipinski definition) is 2. The van der Waals surface area contributed by atoms with Gasteiger partial charge in [0.1, 0.15) is 29.0 Å². The monoisotopic (exact) mass is 634 g/mol. The van der Waals surface area contributed by atoms with E-state index in [0.717, 1.165) is 0 Å². The van der Waals surface area contributed by atoms with Gasteiger partial charge in [-0.05, 0) is 58.2 Å². The van der Waals surface area contributed by atoms with E-state index in [-0.39, 0.29) is 25.3 Å². The van der Waals surface area contributed by atoms with Gasteiger partial charge in [-0.1, -0.05) is 17.7 Å². The van der Waals surface area contributed by atoms with Crippen molar-refractivity contribution in [2.24, 2.45) is 5.92 Å². The van der Waals surface area contributed by atoms with E-state index in [9.17, 15) is 22.8 Å². The second-order valence-electron chi connectivity index (χ2n) is 12.1. The number of carbonyl (C=O) groups is 3. The van der Waals surface area contributed by atoms with Crippen LogP contribution in [0.1, 0.15) is 46.5 Å². The maximum Gasteiger partial charge on any atom is 0.411 e. The largest absolute Gasteiger partial charge is 0.494 e. The van der Waals surface area contributed by atoms with Crippen molar-refractivity contribution in [3.8, 4) is 11.6 Å². The standard InChI is InChI=1S/C29H35ClN4O8S/c1-6-16-13-29(16,26(36)33-43(38,39)19-8-9-19)32-24(35)22-12-18(15-34(22)27(37)42-28(2,3)4)41-25-21-11-17(30)7-10-20(21)23(40-5)14-31-25/h6-7,10-11,14,16,18-19,22H,1,8-9,12-13,15H2,2-5H3,(H,32,35)(H,33,36)/t16-,18?,22?,29-/m1/s1. The zero-order valence-corrected chi connectivity index (χ0v) is 26.0. The average Bonchev–Trinajstić information content (AvgIpc) is 3.85. The summed E-state index contributed by atoms with van der Waals surface area (Å²) >= 11 is 6.25. The lowest BCUT2D eigenvalue weighted by molar-refractivity contribution is -0.131. The van der Waals surface area contributed by atoms with Gasteiger partial charge in [-0.25, -0.2) is 18.2 Å². The van der Waals surface area contributed by atoms with Gasteiger partial charge in [-0.2, -0.15) is 0 Å². The molecule has 5 rings (SSSR count). The van der Waals surface area contributed by atoms with Crippen LogP contribution in [0.25, 0.3) is 10.8 Å². The first-order valence-corrected chi connectivity index (χ1v) is 15.9. The van der Waals surface area contributed by atoms with E-state index in [1.54, 1.807) is 39.0 Å². The van der Waals surface area contributed by atoms with Crippen molar-refractivity contribution in [2.45, 2.75) is 75.0 Å². The summed E-state index contributed by atoms with van der Waals surface area (Å²) < 4.78 is 44.3. The van der Waals surface area contributed by atoms with Gasteiger partial charge in [0, 0.05) is 28.1 Å². The lowest BCUT2D eigenvalue weighted by Gasteiger charge is -2.29. The van der Waals surface area contributed by atoms with E-state index in [1.807, 2.05) is 0 Å². The van der Waals surface area contributed by atoms with Crippen LogP contribution in [0, 0.1) is 5.92 Å². The van der Waals surface area contributed by atoms with Crippen molar-refractivity contribution < 1.29 is 37.0 Å². The fraction of sp³-hybridized carbons (Fsp3) is 0.517. The molecule has 12 nitrogen and oxygen atoms in total. The zero-order valence-electron chi connectivity index (χ0n) is 24.4. The topological polar surface area (TPSA) is 153 Å². The van der Waals surface area contributed by atoms with Crippen molar-refractivity contribution >= 4 is 50.3 Å². The molecule has 4 atom stereocenters. The SMILES string of the molecule is C=C[C@@H]1C[C@]1(NC(=O)C1CC(Oc2ncc(OC)c3ccc(Cl)cc23)CN1C(=O)OC(C)(C)C)C(=O)NS(=O)(=O)C1CC1. The number of halogens is 1. The van der Waals surface area contributed by atoms with E-state index < -0.39 is 62.4 Å². The summed E-state index contributed by atoms with van der Waals surface area (Å²) in [6.45, 7) is 8.84. The van der Waals surface area contributed by atoms with Crippen molar-refractivity contribution in [1.29, 1.82) is 0 Å². The Morgan fingerprint density at radius 2 is 1.93 bits per heavy atom. The predicted octanol–water partition coefficient (Wildman–Crippen LogP) is 3.32. The first-order chi connectivity index (χ1) is 20.2. The number of carbonyl (C=O) groups excluding carboxylic acids is 3. The Bertz CT molecular complexity index is 1590. The van der Waals surface area contributed by atoms with Crippen LogP contribution in [-0.4, -0.2) is 78.4 Å². The second-order valence-corrected chi connectivity index (χ2v) is 14.5. The van der Waals surface area contributed by atoms with Gasteiger partial charge in [0.25, 0.3) is 5.91 Å². The molecule has 3 aliphatic rings. The average molecular weight is 635 g/mol. The molecule has 1 aromatic carbocycles. The molecule has 2 unspecified atom stereocenters. The zero-order chi connectivity index (χ0) is 31.3. The lowest BCUT2D eigenvalue weighted by Crippen LogP contribution is -2.56. The third kappa shape index (κ3) is 6.37. The Morgan fingerprint density at radius 3 is 2.53 bits per heavy atom. The number of rotatable bonds is 9. The number of nitrogens with zero attached hydrogens (tertiary/aromatic N) is 2. The van der Waals surface area contributed by atoms with Gasteiger partial charge in [-0.3, -0.25) is 19.2 Å². The number of amides is 3. The van der Waals surface area contributed by atoms with Crippen molar-refractivity contribution in [2.75, 3.05) is 13.7 Å². The molecule has 1 saturated heterocycles. The third-order valence-electron chi connectivity index (χ3n) is 7.72. The molecular formula is C29H35ClN4O8S. The molecule has 0 bridgehead atoms.